The summed E-state index contributed by atoms with van der Waals surface area (Å²) in [6, 6.07) is 5.19. The van der Waals surface area contributed by atoms with E-state index in [-0.39, 0.29) is 21.2 Å². The molecule has 0 saturated heterocycles. The third-order valence-electron chi connectivity index (χ3n) is 2.42. The first-order valence-corrected chi connectivity index (χ1v) is 5.80. The Labute approximate surface area is 115 Å². The Morgan fingerprint density at radius 1 is 1.05 bits per heavy atom. The van der Waals surface area contributed by atoms with Crippen molar-refractivity contribution in [3.63, 3.8) is 0 Å². The highest BCUT2D eigenvalue weighted by Gasteiger charge is 2.37. The van der Waals surface area contributed by atoms with Crippen molar-refractivity contribution in [2.24, 2.45) is 0 Å². The molecule has 1 heterocycles. The maximum absolute atomic E-state index is 12.9. The number of hydrogen-bond acceptors (Lipinski definition) is 1. The monoisotopic (exact) mass is 307 g/mol. The van der Waals surface area contributed by atoms with Gasteiger partial charge in [0.1, 0.15) is 5.56 Å². The first-order chi connectivity index (χ1) is 8.79. The summed E-state index contributed by atoms with van der Waals surface area (Å²) in [4.78, 5) is 13.4. The molecule has 1 aromatic carbocycles. The second-order valence-electron chi connectivity index (χ2n) is 3.75. The van der Waals surface area contributed by atoms with Crippen molar-refractivity contribution in [2.45, 2.75) is 6.18 Å². The van der Waals surface area contributed by atoms with Crippen molar-refractivity contribution in [3.8, 4) is 11.1 Å². The molecule has 2 aromatic rings. The molecular weight excluding hydrogens is 302 g/mol. The summed E-state index contributed by atoms with van der Waals surface area (Å²) in [7, 11) is 0. The molecule has 0 spiro atoms. The maximum atomic E-state index is 12.9. The van der Waals surface area contributed by atoms with Gasteiger partial charge in [0.2, 0.25) is 0 Å². The standard InChI is InChI=1S/C12H6Cl2F3NO/c13-7-3-6(4-8(14)5-7)9-1-2-18-11(19)10(9)12(15,16)17/h1-5H,(H,18,19). The van der Waals surface area contributed by atoms with Gasteiger partial charge < -0.3 is 4.98 Å². The van der Waals surface area contributed by atoms with Crippen molar-refractivity contribution in [1.29, 1.82) is 0 Å². The SMILES string of the molecule is O=c1[nH]ccc(-c2cc(Cl)cc(Cl)c2)c1C(F)(F)F. The van der Waals surface area contributed by atoms with Gasteiger partial charge in [-0.1, -0.05) is 23.2 Å². The van der Waals surface area contributed by atoms with Crippen LogP contribution in [0.2, 0.25) is 10.0 Å². The Bertz CT molecular complexity index is 659. The number of benzene rings is 1. The molecule has 2 rings (SSSR count). The van der Waals surface area contributed by atoms with E-state index in [2.05, 4.69) is 0 Å². The van der Waals surface area contributed by atoms with Gasteiger partial charge >= 0.3 is 6.18 Å². The summed E-state index contributed by atoms with van der Waals surface area (Å²) in [6.45, 7) is 0. The van der Waals surface area contributed by atoms with Crippen LogP contribution in [-0.4, -0.2) is 4.98 Å². The Hall–Kier alpha value is -1.46. The Kier molecular flexibility index (Phi) is 3.60. The van der Waals surface area contributed by atoms with E-state index in [1.807, 2.05) is 4.98 Å². The van der Waals surface area contributed by atoms with E-state index in [9.17, 15) is 18.0 Å². The molecule has 0 aliphatic carbocycles. The van der Waals surface area contributed by atoms with E-state index in [4.69, 9.17) is 23.2 Å². The number of aromatic nitrogens is 1. The van der Waals surface area contributed by atoms with Gasteiger partial charge in [0, 0.05) is 21.8 Å². The third-order valence-corrected chi connectivity index (χ3v) is 2.85. The number of alkyl halides is 3. The lowest BCUT2D eigenvalue weighted by Gasteiger charge is -2.12. The van der Waals surface area contributed by atoms with Crippen molar-refractivity contribution in [3.05, 3.63) is 56.4 Å². The number of halogens is 5. The predicted molar refractivity (Wildman–Crippen MR) is 67.5 cm³/mol. The molecule has 0 aliphatic rings. The zero-order valence-electron chi connectivity index (χ0n) is 9.18. The largest absolute Gasteiger partial charge is 0.422 e. The van der Waals surface area contributed by atoms with Crippen LogP contribution in [0.4, 0.5) is 13.2 Å². The van der Waals surface area contributed by atoms with Crippen LogP contribution in [0.25, 0.3) is 11.1 Å². The molecule has 0 radical (unpaired) electrons. The fraction of sp³-hybridized carbons (Fsp3) is 0.0833. The topological polar surface area (TPSA) is 32.9 Å². The first kappa shape index (κ1) is 14.0. The zero-order valence-corrected chi connectivity index (χ0v) is 10.7. The lowest BCUT2D eigenvalue weighted by molar-refractivity contribution is -0.138. The fourth-order valence-electron chi connectivity index (χ4n) is 1.71. The summed E-state index contributed by atoms with van der Waals surface area (Å²) < 4.78 is 38.7. The van der Waals surface area contributed by atoms with Crippen molar-refractivity contribution >= 4 is 23.2 Å². The van der Waals surface area contributed by atoms with Gasteiger partial charge in [-0.05, 0) is 29.8 Å². The Morgan fingerprint density at radius 2 is 1.63 bits per heavy atom. The molecule has 0 aliphatic heterocycles. The average molecular weight is 308 g/mol. The fourth-order valence-corrected chi connectivity index (χ4v) is 2.24. The van der Waals surface area contributed by atoms with Crippen molar-refractivity contribution in [1.82, 2.24) is 4.98 Å². The summed E-state index contributed by atoms with van der Waals surface area (Å²) >= 11 is 11.5. The summed E-state index contributed by atoms with van der Waals surface area (Å²) in [5, 5.41) is 0.381. The van der Waals surface area contributed by atoms with E-state index in [1.165, 1.54) is 18.2 Å². The molecule has 0 unspecified atom stereocenters. The van der Waals surface area contributed by atoms with E-state index in [1.54, 1.807) is 0 Å². The van der Waals surface area contributed by atoms with Crippen LogP contribution < -0.4 is 5.56 Å². The molecule has 0 saturated carbocycles. The predicted octanol–water partition coefficient (Wildman–Crippen LogP) is 4.37. The van der Waals surface area contributed by atoms with Gasteiger partial charge in [0.05, 0.1) is 0 Å². The van der Waals surface area contributed by atoms with Gasteiger partial charge in [0.15, 0.2) is 0 Å². The molecular formula is C12H6Cl2F3NO. The molecule has 2 nitrogen and oxygen atoms in total. The van der Waals surface area contributed by atoms with Crippen LogP contribution in [0.3, 0.4) is 0 Å². The molecule has 1 N–H and O–H groups in total. The average Bonchev–Trinajstić information content (AvgIpc) is 2.25. The molecule has 100 valence electrons. The number of pyridine rings is 1. The van der Waals surface area contributed by atoms with Gasteiger partial charge in [-0.3, -0.25) is 4.79 Å². The Balaban J connectivity index is 2.76. The van der Waals surface area contributed by atoms with Gasteiger partial charge in [0.25, 0.3) is 5.56 Å². The third kappa shape index (κ3) is 2.93. The van der Waals surface area contributed by atoms with Crippen LogP contribution in [0.5, 0.6) is 0 Å². The van der Waals surface area contributed by atoms with E-state index in [0.717, 1.165) is 12.3 Å². The molecule has 0 bridgehead atoms. The smallest absolute Gasteiger partial charge is 0.329 e. The number of nitrogens with one attached hydrogen (secondary N) is 1. The highest BCUT2D eigenvalue weighted by Crippen LogP contribution is 2.36. The second kappa shape index (κ2) is 4.90. The number of aromatic amines is 1. The minimum absolute atomic E-state index is 0.135. The minimum Gasteiger partial charge on any atom is -0.329 e. The number of H-pyrrole nitrogens is 1. The van der Waals surface area contributed by atoms with Crippen molar-refractivity contribution in [2.75, 3.05) is 0 Å². The summed E-state index contributed by atoms with van der Waals surface area (Å²) in [6.07, 6.45) is -3.62. The summed E-state index contributed by atoms with van der Waals surface area (Å²) in [5.41, 5.74) is -2.61. The molecule has 7 heteroatoms. The maximum Gasteiger partial charge on any atom is 0.422 e. The van der Waals surface area contributed by atoms with Crippen LogP contribution in [0.1, 0.15) is 5.56 Å². The first-order valence-electron chi connectivity index (χ1n) is 5.04. The number of rotatable bonds is 1. The van der Waals surface area contributed by atoms with Crippen LogP contribution in [0.15, 0.2) is 35.3 Å². The molecule has 0 amide bonds. The van der Waals surface area contributed by atoms with Gasteiger partial charge in [-0.15, -0.1) is 0 Å². The van der Waals surface area contributed by atoms with Crippen LogP contribution in [0, 0.1) is 0 Å². The van der Waals surface area contributed by atoms with E-state index >= 15 is 0 Å². The minimum atomic E-state index is -4.76. The zero-order chi connectivity index (χ0) is 14.2. The lowest BCUT2D eigenvalue weighted by Crippen LogP contribution is -2.22. The van der Waals surface area contributed by atoms with Crippen LogP contribution in [-0.2, 0) is 6.18 Å². The van der Waals surface area contributed by atoms with Gasteiger partial charge in [-0.25, -0.2) is 0 Å². The quantitative estimate of drug-likeness (QED) is 0.834. The van der Waals surface area contributed by atoms with Crippen molar-refractivity contribution < 1.29 is 13.2 Å². The summed E-state index contributed by atoms with van der Waals surface area (Å²) in [5.74, 6) is 0. The second-order valence-corrected chi connectivity index (χ2v) is 4.62. The van der Waals surface area contributed by atoms with E-state index in [0.29, 0.717) is 0 Å². The molecule has 1 aromatic heterocycles. The molecule has 0 atom stereocenters. The number of hydrogen-bond donors (Lipinski definition) is 1. The molecule has 19 heavy (non-hydrogen) atoms. The Morgan fingerprint density at radius 3 is 2.16 bits per heavy atom. The molecule has 0 fully saturated rings. The lowest BCUT2D eigenvalue weighted by atomic mass is 10.0. The highest BCUT2D eigenvalue weighted by atomic mass is 35.5. The van der Waals surface area contributed by atoms with Crippen LogP contribution >= 0.6 is 23.2 Å². The van der Waals surface area contributed by atoms with Gasteiger partial charge in [-0.2, -0.15) is 13.2 Å². The van der Waals surface area contributed by atoms with E-state index < -0.39 is 17.3 Å². The highest BCUT2D eigenvalue weighted by molar-refractivity contribution is 6.35. The normalized spacial score (nSPS) is 11.6.